The molecular weight excluding hydrogens is 699 g/mol. The highest BCUT2D eigenvalue weighted by atomic mass is 16.3. The van der Waals surface area contributed by atoms with E-state index in [1.54, 1.807) is 0 Å². The number of fused-ring (bicyclic) bond motifs is 12. The third-order valence-corrected chi connectivity index (χ3v) is 11.7. The van der Waals surface area contributed by atoms with Gasteiger partial charge in [-0.2, -0.15) is 0 Å². The number of nitrogens with zero attached hydrogens (tertiary/aromatic N) is 5. The molecule has 264 valence electrons. The Morgan fingerprint density at radius 2 is 0.982 bits per heavy atom. The quantitative estimate of drug-likeness (QED) is 0.181. The van der Waals surface area contributed by atoms with Crippen molar-refractivity contribution in [1.82, 2.24) is 23.9 Å². The predicted molar refractivity (Wildman–Crippen MR) is 232 cm³/mol. The normalized spacial score (nSPS) is 12.2. The van der Waals surface area contributed by atoms with Crippen molar-refractivity contribution in [3.05, 3.63) is 176 Å². The van der Waals surface area contributed by atoms with Crippen LogP contribution in [0, 0.1) is 0 Å². The molecule has 0 atom stereocenters. The molecule has 0 saturated heterocycles. The van der Waals surface area contributed by atoms with E-state index < -0.39 is 0 Å². The topological polar surface area (TPSA) is 61.2 Å². The van der Waals surface area contributed by atoms with Crippen LogP contribution in [0.5, 0.6) is 0 Å². The zero-order valence-corrected chi connectivity index (χ0v) is 30.4. The van der Waals surface area contributed by atoms with Crippen LogP contribution < -0.4 is 0 Å². The second kappa shape index (κ2) is 11.4. The summed E-state index contributed by atoms with van der Waals surface area (Å²) >= 11 is 0. The van der Waals surface area contributed by atoms with E-state index in [1.165, 1.54) is 38.1 Å². The van der Waals surface area contributed by atoms with Gasteiger partial charge in [0.05, 0.1) is 27.6 Å². The van der Waals surface area contributed by atoms with E-state index in [0.717, 1.165) is 66.1 Å². The molecule has 6 heteroatoms. The molecule has 0 spiro atoms. The third-order valence-electron chi connectivity index (χ3n) is 11.7. The van der Waals surface area contributed by atoms with Gasteiger partial charge < -0.3 is 13.4 Å². The molecule has 0 N–H and O–H groups in total. The molecule has 0 aliphatic carbocycles. The molecule has 0 bridgehead atoms. The first-order chi connectivity index (χ1) is 28.3. The van der Waals surface area contributed by atoms with Crippen molar-refractivity contribution in [2.24, 2.45) is 0 Å². The highest BCUT2D eigenvalue weighted by Crippen LogP contribution is 2.42. The fraction of sp³-hybridized carbons (Fsp3) is 0. The molecule has 6 nitrogen and oxygen atoms in total. The standard InChI is InChI=1S/C51H29N5O/c1-2-12-30(13-3-1)49-52-50(31-24-26-36-35-15-6-9-23-45(35)57-46(36)28-31)54-51(53-49)40-19-11-22-43-47(40)39-16-5-8-21-42(39)55(43)32-25-27-34-38-18-10-17-37-33-14-4-7-20-41(33)56(48(37)38)44(34)29-32/h1-29H. The van der Waals surface area contributed by atoms with E-state index in [0.29, 0.717) is 17.5 Å². The molecule has 5 aromatic heterocycles. The highest BCUT2D eigenvalue weighted by molar-refractivity contribution is 6.23. The van der Waals surface area contributed by atoms with Gasteiger partial charge in [0.2, 0.25) is 0 Å². The number of aromatic nitrogens is 5. The number of furan rings is 1. The van der Waals surface area contributed by atoms with Gasteiger partial charge in [0.15, 0.2) is 17.5 Å². The van der Waals surface area contributed by atoms with Crippen molar-refractivity contribution in [3.8, 4) is 39.9 Å². The summed E-state index contributed by atoms with van der Waals surface area (Å²) in [7, 11) is 0. The van der Waals surface area contributed by atoms with E-state index in [4.69, 9.17) is 19.4 Å². The zero-order valence-electron chi connectivity index (χ0n) is 30.4. The summed E-state index contributed by atoms with van der Waals surface area (Å²) in [5.41, 5.74) is 11.4. The second-order valence-corrected chi connectivity index (χ2v) is 14.8. The molecule has 0 fully saturated rings. The van der Waals surface area contributed by atoms with Crippen molar-refractivity contribution in [2.45, 2.75) is 0 Å². The molecule has 0 amide bonds. The van der Waals surface area contributed by atoms with Gasteiger partial charge in [0.1, 0.15) is 11.2 Å². The smallest absolute Gasteiger partial charge is 0.164 e. The minimum absolute atomic E-state index is 0.588. The Balaban J connectivity index is 1.06. The molecule has 13 rings (SSSR count). The van der Waals surface area contributed by atoms with Crippen molar-refractivity contribution in [1.29, 1.82) is 0 Å². The minimum atomic E-state index is 0.588. The lowest BCUT2D eigenvalue weighted by Crippen LogP contribution is -2.00. The van der Waals surface area contributed by atoms with Crippen LogP contribution >= 0.6 is 0 Å². The molecule has 0 unspecified atom stereocenters. The maximum atomic E-state index is 6.30. The Bertz CT molecular complexity index is 3760. The summed E-state index contributed by atoms with van der Waals surface area (Å²) in [4.78, 5) is 15.5. The van der Waals surface area contributed by atoms with Crippen LogP contribution in [0.4, 0.5) is 0 Å². The third kappa shape index (κ3) is 4.26. The molecule has 0 aliphatic rings. The maximum Gasteiger partial charge on any atom is 0.164 e. The number of benzene rings is 8. The van der Waals surface area contributed by atoms with Gasteiger partial charge in [0.25, 0.3) is 0 Å². The fourth-order valence-corrected chi connectivity index (χ4v) is 9.25. The molecule has 5 heterocycles. The SMILES string of the molecule is c1ccc(-c2nc(-c3ccc4c(c3)oc3ccccc34)nc(-c3cccc4c3c3ccccc3n4-c3ccc4c5cccc6c7ccccc7n(c4c3)c65)n2)cc1. The van der Waals surface area contributed by atoms with Gasteiger partial charge in [-0.15, -0.1) is 0 Å². The average Bonchev–Trinajstić information content (AvgIpc) is 4.02. The highest BCUT2D eigenvalue weighted by Gasteiger charge is 2.22. The van der Waals surface area contributed by atoms with E-state index in [2.05, 4.69) is 130 Å². The van der Waals surface area contributed by atoms with Crippen molar-refractivity contribution in [3.63, 3.8) is 0 Å². The summed E-state index contributed by atoms with van der Waals surface area (Å²) in [6.45, 7) is 0. The van der Waals surface area contributed by atoms with Gasteiger partial charge in [-0.25, -0.2) is 15.0 Å². The van der Waals surface area contributed by atoms with E-state index >= 15 is 0 Å². The number of rotatable bonds is 4. The van der Waals surface area contributed by atoms with Gasteiger partial charge in [-0.1, -0.05) is 127 Å². The van der Waals surface area contributed by atoms with Crippen LogP contribution in [0.25, 0.3) is 122 Å². The lowest BCUT2D eigenvalue weighted by atomic mass is 10.1. The summed E-state index contributed by atoms with van der Waals surface area (Å²) in [6.07, 6.45) is 0. The molecule has 8 aromatic carbocycles. The molecule has 0 aliphatic heterocycles. The molecule has 57 heavy (non-hydrogen) atoms. The Morgan fingerprint density at radius 1 is 0.368 bits per heavy atom. The first kappa shape index (κ1) is 30.5. The van der Waals surface area contributed by atoms with E-state index in [1.807, 2.05) is 54.6 Å². The first-order valence-electron chi connectivity index (χ1n) is 19.2. The van der Waals surface area contributed by atoms with Crippen molar-refractivity contribution in [2.75, 3.05) is 0 Å². The van der Waals surface area contributed by atoms with E-state index in [-0.39, 0.29) is 0 Å². The lowest BCUT2D eigenvalue weighted by molar-refractivity contribution is 0.669. The molecule has 13 aromatic rings. The van der Waals surface area contributed by atoms with Gasteiger partial charge >= 0.3 is 0 Å². The van der Waals surface area contributed by atoms with Crippen LogP contribution in [0.2, 0.25) is 0 Å². The van der Waals surface area contributed by atoms with Crippen molar-refractivity contribution >= 4 is 81.8 Å². The maximum absolute atomic E-state index is 6.30. The molecule has 0 saturated carbocycles. The van der Waals surface area contributed by atoms with Crippen LogP contribution in [-0.4, -0.2) is 23.9 Å². The Morgan fingerprint density at radius 3 is 1.84 bits per heavy atom. The number of hydrogen-bond acceptors (Lipinski definition) is 4. The zero-order chi connectivity index (χ0) is 37.2. The Hall–Kier alpha value is -7.83. The lowest BCUT2D eigenvalue weighted by Gasteiger charge is -2.11. The Labute approximate surface area is 324 Å². The fourth-order valence-electron chi connectivity index (χ4n) is 9.25. The summed E-state index contributed by atoms with van der Waals surface area (Å²) in [5, 5.41) is 9.46. The van der Waals surface area contributed by atoms with Crippen LogP contribution in [0.1, 0.15) is 0 Å². The van der Waals surface area contributed by atoms with Gasteiger partial charge in [-0.05, 0) is 48.5 Å². The van der Waals surface area contributed by atoms with Crippen LogP contribution in [-0.2, 0) is 0 Å². The Kier molecular flexibility index (Phi) is 6.07. The van der Waals surface area contributed by atoms with Gasteiger partial charge in [0, 0.05) is 65.5 Å². The predicted octanol–water partition coefficient (Wildman–Crippen LogP) is 13.0. The largest absolute Gasteiger partial charge is 0.456 e. The van der Waals surface area contributed by atoms with E-state index in [9.17, 15) is 0 Å². The van der Waals surface area contributed by atoms with Crippen molar-refractivity contribution < 1.29 is 4.42 Å². The van der Waals surface area contributed by atoms with Gasteiger partial charge in [-0.3, -0.25) is 0 Å². The summed E-state index contributed by atoms with van der Waals surface area (Å²) in [5.74, 6) is 1.82. The van der Waals surface area contributed by atoms with Crippen LogP contribution in [0.15, 0.2) is 180 Å². The first-order valence-corrected chi connectivity index (χ1v) is 19.2. The molecule has 0 radical (unpaired) electrons. The summed E-state index contributed by atoms with van der Waals surface area (Å²) in [6, 6.07) is 61.9. The second-order valence-electron chi connectivity index (χ2n) is 14.8. The summed E-state index contributed by atoms with van der Waals surface area (Å²) < 4.78 is 11.1. The minimum Gasteiger partial charge on any atom is -0.456 e. The monoisotopic (exact) mass is 727 g/mol. The number of hydrogen-bond donors (Lipinski definition) is 0. The van der Waals surface area contributed by atoms with Crippen LogP contribution in [0.3, 0.4) is 0 Å². The average molecular weight is 728 g/mol. The number of para-hydroxylation sites is 4. The molecular formula is C51H29N5O.